The molecule has 0 aliphatic heterocycles. The maximum atomic E-state index is 5.20. The second kappa shape index (κ2) is 6.24. The molecule has 19 heavy (non-hydrogen) atoms. The average Bonchev–Trinajstić information content (AvgIpc) is 2.47. The third-order valence-corrected chi connectivity index (χ3v) is 2.90. The largest absolute Gasteiger partial charge is 0.497 e. The van der Waals surface area contributed by atoms with Crippen LogP contribution < -0.4 is 14.8 Å². The third-order valence-electron chi connectivity index (χ3n) is 2.34. The van der Waals surface area contributed by atoms with Crippen molar-refractivity contribution in [1.29, 1.82) is 0 Å². The molecule has 1 heterocycles. The zero-order valence-corrected chi connectivity index (χ0v) is 11.7. The number of hydrogen-bond donors (Lipinski definition) is 1. The first-order valence-electron chi connectivity index (χ1n) is 5.48. The van der Waals surface area contributed by atoms with Gasteiger partial charge in [-0.25, -0.2) is 9.97 Å². The van der Waals surface area contributed by atoms with Crippen LogP contribution in [0, 0.1) is 0 Å². The lowest BCUT2D eigenvalue weighted by Gasteiger charge is -2.09. The number of nitrogens with zero attached hydrogens (tertiary/aromatic N) is 3. The number of rotatable bonds is 5. The number of nitrogens with one attached hydrogen (secondary N) is 1. The Labute approximate surface area is 115 Å². The Bertz CT molecular complexity index is 543. The second-order valence-electron chi connectivity index (χ2n) is 3.52. The molecule has 0 spiro atoms. The number of ether oxygens (including phenoxy) is 2. The van der Waals surface area contributed by atoms with Gasteiger partial charge in [-0.15, -0.1) is 0 Å². The van der Waals surface area contributed by atoms with Gasteiger partial charge in [-0.3, -0.25) is 0 Å². The fourth-order valence-corrected chi connectivity index (χ4v) is 1.78. The van der Waals surface area contributed by atoms with E-state index in [0.29, 0.717) is 22.6 Å². The van der Waals surface area contributed by atoms with Crippen molar-refractivity contribution in [3.8, 4) is 11.5 Å². The Balaban J connectivity index is 2.26. The first kappa shape index (κ1) is 13.4. The summed E-state index contributed by atoms with van der Waals surface area (Å²) in [5.41, 5.74) is 0.787. The van der Waals surface area contributed by atoms with Crippen LogP contribution in [-0.2, 0) is 0 Å². The van der Waals surface area contributed by atoms with Gasteiger partial charge < -0.3 is 14.8 Å². The van der Waals surface area contributed by atoms with Crippen LogP contribution in [0.4, 0.5) is 11.6 Å². The predicted molar refractivity (Wildman–Crippen MR) is 74.4 cm³/mol. The minimum Gasteiger partial charge on any atom is -0.497 e. The quantitative estimate of drug-likeness (QED) is 0.842. The van der Waals surface area contributed by atoms with E-state index in [9.17, 15) is 0 Å². The van der Waals surface area contributed by atoms with E-state index in [0.717, 1.165) is 5.69 Å². The monoisotopic (exact) mass is 278 g/mol. The molecule has 0 bridgehead atoms. The molecule has 0 fully saturated rings. The number of anilines is 2. The van der Waals surface area contributed by atoms with E-state index < -0.39 is 0 Å². The van der Waals surface area contributed by atoms with E-state index in [2.05, 4.69) is 20.3 Å². The van der Waals surface area contributed by atoms with E-state index in [-0.39, 0.29) is 0 Å². The van der Waals surface area contributed by atoms with Crippen LogP contribution in [0.5, 0.6) is 11.5 Å². The molecule has 2 aromatic rings. The Morgan fingerprint density at radius 2 is 1.74 bits per heavy atom. The Kier molecular flexibility index (Phi) is 4.40. The van der Waals surface area contributed by atoms with Gasteiger partial charge >= 0.3 is 0 Å². The van der Waals surface area contributed by atoms with Gasteiger partial charge in [-0.05, 0) is 6.26 Å². The van der Waals surface area contributed by atoms with Gasteiger partial charge in [0.25, 0.3) is 0 Å². The molecule has 1 aromatic carbocycles. The van der Waals surface area contributed by atoms with Gasteiger partial charge in [0.2, 0.25) is 5.95 Å². The Morgan fingerprint density at radius 3 is 2.32 bits per heavy atom. The van der Waals surface area contributed by atoms with E-state index in [1.165, 1.54) is 18.1 Å². The van der Waals surface area contributed by atoms with Gasteiger partial charge in [-0.1, -0.05) is 11.8 Å². The van der Waals surface area contributed by atoms with Crippen LogP contribution in [0.1, 0.15) is 0 Å². The van der Waals surface area contributed by atoms with Gasteiger partial charge in [-0.2, -0.15) is 4.98 Å². The Hall–Kier alpha value is -2.02. The summed E-state index contributed by atoms with van der Waals surface area (Å²) in [5.74, 6) is 1.87. The van der Waals surface area contributed by atoms with Gasteiger partial charge in [0.15, 0.2) is 5.16 Å². The van der Waals surface area contributed by atoms with Crippen LogP contribution >= 0.6 is 11.8 Å². The van der Waals surface area contributed by atoms with Crippen LogP contribution in [0.2, 0.25) is 0 Å². The summed E-state index contributed by atoms with van der Waals surface area (Å²) in [6, 6.07) is 5.47. The molecule has 7 heteroatoms. The highest BCUT2D eigenvalue weighted by Gasteiger charge is 2.04. The fourth-order valence-electron chi connectivity index (χ4n) is 1.45. The highest BCUT2D eigenvalue weighted by Crippen LogP contribution is 2.27. The maximum absolute atomic E-state index is 5.20. The van der Waals surface area contributed by atoms with Gasteiger partial charge in [0, 0.05) is 23.9 Å². The summed E-state index contributed by atoms with van der Waals surface area (Å²) < 4.78 is 10.4. The summed E-state index contributed by atoms with van der Waals surface area (Å²) in [7, 11) is 3.21. The minimum absolute atomic E-state index is 0.481. The lowest BCUT2D eigenvalue weighted by molar-refractivity contribution is 0.395. The normalized spacial score (nSPS) is 10.1. The summed E-state index contributed by atoms with van der Waals surface area (Å²) in [6.07, 6.45) is 3.38. The molecule has 2 rings (SSSR count). The summed E-state index contributed by atoms with van der Waals surface area (Å²) in [4.78, 5) is 12.3. The van der Waals surface area contributed by atoms with E-state index in [1.807, 2.05) is 18.4 Å². The lowest BCUT2D eigenvalue weighted by atomic mass is 10.3. The highest BCUT2D eigenvalue weighted by atomic mass is 32.2. The van der Waals surface area contributed by atoms with E-state index >= 15 is 0 Å². The number of hydrogen-bond acceptors (Lipinski definition) is 7. The molecule has 0 aliphatic rings. The van der Waals surface area contributed by atoms with E-state index in [4.69, 9.17) is 9.47 Å². The predicted octanol–water partition coefficient (Wildman–Crippen LogP) is 2.35. The van der Waals surface area contributed by atoms with Crippen LogP contribution in [-0.4, -0.2) is 35.4 Å². The molecule has 100 valence electrons. The van der Waals surface area contributed by atoms with Crippen molar-refractivity contribution in [3.63, 3.8) is 0 Å². The summed E-state index contributed by atoms with van der Waals surface area (Å²) >= 11 is 1.46. The topological polar surface area (TPSA) is 69.2 Å². The molecule has 0 radical (unpaired) electrons. The molecule has 0 unspecified atom stereocenters. The standard InChI is InChI=1S/C12H14N4O2S/c1-17-9-4-8(5-10(6-9)18-2)15-11-13-7-14-12(16-11)19-3/h4-7H,1-3H3,(H,13,14,15,16). The van der Waals surface area contributed by atoms with E-state index in [1.54, 1.807) is 20.3 Å². The molecule has 0 amide bonds. The summed E-state index contributed by atoms with van der Waals surface area (Å²) in [5, 5.41) is 3.75. The van der Waals surface area contributed by atoms with Crippen molar-refractivity contribution < 1.29 is 9.47 Å². The molecule has 1 N–H and O–H groups in total. The molecule has 0 aliphatic carbocycles. The molecule has 6 nitrogen and oxygen atoms in total. The maximum Gasteiger partial charge on any atom is 0.231 e. The average molecular weight is 278 g/mol. The molecule has 0 saturated carbocycles. The van der Waals surface area contributed by atoms with Crippen molar-refractivity contribution in [1.82, 2.24) is 15.0 Å². The van der Waals surface area contributed by atoms with Crippen LogP contribution in [0.15, 0.2) is 29.7 Å². The molecule has 0 saturated heterocycles. The zero-order valence-electron chi connectivity index (χ0n) is 10.9. The SMILES string of the molecule is COc1cc(Nc2ncnc(SC)n2)cc(OC)c1. The van der Waals surface area contributed by atoms with Crippen molar-refractivity contribution in [2.45, 2.75) is 5.16 Å². The first-order valence-corrected chi connectivity index (χ1v) is 6.70. The zero-order chi connectivity index (χ0) is 13.7. The lowest BCUT2D eigenvalue weighted by Crippen LogP contribution is -2.00. The third kappa shape index (κ3) is 3.47. The molecular formula is C12H14N4O2S. The molecule has 1 aromatic heterocycles. The van der Waals surface area contributed by atoms with Crippen molar-refractivity contribution >= 4 is 23.4 Å². The smallest absolute Gasteiger partial charge is 0.231 e. The molecule has 0 atom stereocenters. The second-order valence-corrected chi connectivity index (χ2v) is 4.30. The van der Waals surface area contributed by atoms with Gasteiger partial charge in [0.1, 0.15) is 17.8 Å². The Morgan fingerprint density at radius 1 is 1.05 bits per heavy atom. The van der Waals surface area contributed by atoms with Crippen molar-refractivity contribution in [2.24, 2.45) is 0 Å². The highest BCUT2D eigenvalue weighted by molar-refractivity contribution is 7.98. The van der Waals surface area contributed by atoms with Crippen LogP contribution in [0.3, 0.4) is 0 Å². The fraction of sp³-hybridized carbons (Fsp3) is 0.250. The molecular weight excluding hydrogens is 264 g/mol. The number of benzene rings is 1. The summed E-state index contributed by atoms with van der Waals surface area (Å²) in [6.45, 7) is 0. The number of aromatic nitrogens is 3. The van der Waals surface area contributed by atoms with Gasteiger partial charge in [0.05, 0.1) is 14.2 Å². The van der Waals surface area contributed by atoms with Crippen molar-refractivity contribution in [2.75, 3.05) is 25.8 Å². The number of thioether (sulfide) groups is 1. The van der Waals surface area contributed by atoms with Crippen LogP contribution in [0.25, 0.3) is 0 Å². The van der Waals surface area contributed by atoms with Crippen molar-refractivity contribution in [3.05, 3.63) is 24.5 Å². The first-order chi connectivity index (χ1) is 9.25. The number of methoxy groups -OCH3 is 2. The minimum atomic E-state index is 0.481.